The molecule has 0 aliphatic carbocycles. The van der Waals surface area contributed by atoms with Gasteiger partial charge in [-0.2, -0.15) is 0 Å². The van der Waals surface area contributed by atoms with Crippen molar-refractivity contribution < 1.29 is 57.9 Å². The maximum Gasteiger partial charge on any atom is 0.470 e. The molecule has 0 aliphatic rings. The number of Topliss-reactive ketones (excluding diaryl/α,β-unsaturated/α-hetero) is 1. The Bertz CT molecular complexity index is 410. The molecule has 0 amide bonds. The van der Waals surface area contributed by atoms with Crippen molar-refractivity contribution in [3.8, 4) is 0 Å². The molecule has 20 heavy (non-hydrogen) atoms. The van der Waals surface area contributed by atoms with Crippen molar-refractivity contribution in [3.05, 3.63) is 0 Å². The van der Waals surface area contributed by atoms with E-state index >= 15 is 0 Å². The summed E-state index contributed by atoms with van der Waals surface area (Å²) in [6.07, 6.45) is -6.53. The van der Waals surface area contributed by atoms with Gasteiger partial charge in [-0.15, -0.1) is 0 Å². The highest BCUT2D eigenvalue weighted by molar-refractivity contribution is 7.46. The summed E-state index contributed by atoms with van der Waals surface area (Å²) in [4.78, 5) is 44.4. The van der Waals surface area contributed by atoms with Gasteiger partial charge in [-0.1, -0.05) is 0 Å². The summed E-state index contributed by atoms with van der Waals surface area (Å²) in [6.45, 7) is -2.33. The van der Waals surface area contributed by atoms with Gasteiger partial charge in [0.05, 0.1) is 6.61 Å². The Balaban J connectivity index is 4.38. The highest BCUT2D eigenvalue weighted by Crippen LogP contribution is 2.36. The molecule has 3 atom stereocenters. The van der Waals surface area contributed by atoms with Crippen LogP contribution in [0.2, 0.25) is 0 Å². The van der Waals surface area contributed by atoms with Crippen LogP contribution in [0.1, 0.15) is 0 Å². The number of hydrogen-bond acceptors (Lipinski definition) is 8. The molecule has 0 heterocycles. The van der Waals surface area contributed by atoms with Gasteiger partial charge in [0.25, 0.3) is 0 Å². The third-order valence-electron chi connectivity index (χ3n) is 1.84. The van der Waals surface area contributed by atoms with E-state index in [1.165, 1.54) is 0 Å². The van der Waals surface area contributed by atoms with E-state index in [2.05, 4.69) is 9.05 Å². The van der Waals surface area contributed by atoms with Crippen molar-refractivity contribution in [1.29, 1.82) is 0 Å². The predicted molar refractivity (Wildman–Crippen MR) is 59.0 cm³/mol. The van der Waals surface area contributed by atoms with Gasteiger partial charge in [0.15, 0.2) is 5.78 Å². The molecule has 0 aromatic rings. The molecular weight excluding hydrogens is 326 g/mol. The molecule has 14 heteroatoms. The van der Waals surface area contributed by atoms with Crippen molar-refractivity contribution >= 4 is 21.4 Å². The molecule has 0 saturated heterocycles. The molecule has 0 bridgehead atoms. The Labute approximate surface area is 112 Å². The van der Waals surface area contributed by atoms with Crippen LogP contribution in [-0.2, 0) is 23.0 Å². The third-order valence-corrected chi connectivity index (χ3v) is 2.79. The van der Waals surface area contributed by atoms with E-state index in [9.17, 15) is 29.2 Å². The Morgan fingerprint density at radius 2 is 1.40 bits per heavy atom. The van der Waals surface area contributed by atoms with Crippen LogP contribution in [0.5, 0.6) is 0 Å². The summed E-state index contributed by atoms with van der Waals surface area (Å²) in [6, 6.07) is 0. The fourth-order valence-corrected chi connectivity index (χ4v) is 1.55. The first-order chi connectivity index (χ1) is 8.83. The van der Waals surface area contributed by atoms with E-state index in [4.69, 9.17) is 19.6 Å². The topological polar surface area (TPSA) is 211 Å². The molecular formula is C6H14O12P2. The lowest BCUT2D eigenvalue weighted by molar-refractivity contribution is -0.142. The SMILES string of the molecule is O=C(COP(=O)(O)O)[C@H](O)[C@H](O)[C@@H](O)COP(=O)(O)O. The van der Waals surface area contributed by atoms with Crippen LogP contribution in [-0.4, -0.2) is 72.2 Å². The maximum atomic E-state index is 11.2. The van der Waals surface area contributed by atoms with Gasteiger partial charge in [-0.25, -0.2) is 9.13 Å². The lowest BCUT2D eigenvalue weighted by atomic mass is 10.1. The number of carbonyl (C=O) groups excluding carboxylic acids is 1. The molecule has 0 radical (unpaired) electrons. The zero-order chi connectivity index (χ0) is 16.1. The van der Waals surface area contributed by atoms with Gasteiger partial charge in [0.2, 0.25) is 0 Å². The fourth-order valence-electron chi connectivity index (χ4n) is 0.906. The molecule has 120 valence electrons. The molecule has 0 saturated carbocycles. The Morgan fingerprint density at radius 3 is 1.80 bits per heavy atom. The van der Waals surface area contributed by atoms with Gasteiger partial charge >= 0.3 is 15.6 Å². The zero-order valence-corrected chi connectivity index (χ0v) is 11.5. The molecule has 0 rings (SSSR count). The van der Waals surface area contributed by atoms with Gasteiger partial charge in [0, 0.05) is 0 Å². The summed E-state index contributed by atoms with van der Waals surface area (Å²) in [5.41, 5.74) is 0. The highest BCUT2D eigenvalue weighted by Gasteiger charge is 2.32. The van der Waals surface area contributed by atoms with Crippen LogP contribution in [0, 0.1) is 0 Å². The molecule has 0 spiro atoms. The summed E-state index contributed by atoms with van der Waals surface area (Å²) in [5.74, 6) is -1.36. The number of phosphoric ester groups is 2. The Kier molecular flexibility index (Phi) is 7.60. The van der Waals surface area contributed by atoms with Crippen LogP contribution in [0.15, 0.2) is 0 Å². The van der Waals surface area contributed by atoms with E-state index in [-0.39, 0.29) is 0 Å². The first-order valence-corrected chi connectivity index (χ1v) is 7.86. The number of ketones is 1. The summed E-state index contributed by atoms with van der Waals surface area (Å²) >= 11 is 0. The molecule has 7 N–H and O–H groups in total. The number of rotatable bonds is 9. The first kappa shape index (κ1) is 19.8. The second-order valence-corrected chi connectivity index (χ2v) is 6.00. The third kappa shape index (κ3) is 8.84. The van der Waals surface area contributed by atoms with E-state index in [1.54, 1.807) is 0 Å². The number of aliphatic hydroxyl groups excluding tert-OH is 3. The highest BCUT2D eigenvalue weighted by atomic mass is 31.2. The minimum atomic E-state index is -4.95. The van der Waals surface area contributed by atoms with Crippen molar-refractivity contribution in [2.45, 2.75) is 18.3 Å². The number of hydrogen-bond donors (Lipinski definition) is 7. The van der Waals surface area contributed by atoms with E-state index < -0.39 is 53.0 Å². The predicted octanol–water partition coefficient (Wildman–Crippen LogP) is -3.14. The standard InChI is InChI=1S/C6H14O12P2/c7-3(1-17-19(11,12)13)5(9)6(10)4(8)2-18-20(14,15)16/h3,5-7,9-10H,1-2H2,(H2,11,12,13)(H2,14,15,16)/t3-,5+,6-/m0/s1. The zero-order valence-electron chi connectivity index (χ0n) is 9.71. The summed E-state index contributed by atoms with van der Waals surface area (Å²) in [7, 11) is -9.87. The van der Waals surface area contributed by atoms with Gasteiger partial charge in [-0.3, -0.25) is 13.8 Å². The summed E-state index contributed by atoms with van der Waals surface area (Å²) in [5, 5.41) is 27.7. The number of aliphatic hydroxyl groups is 3. The number of carbonyl (C=O) groups is 1. The van der Waals surface area contributed by atoms with E-state index in [1.807, 2.05) is 0 Å². The van der Waals surface area contributed by atoms with Gasteiger partial charge in [0.1, 0.15) is 24.9 Å². The molecule has 0 aromatic heterocycles. The molecule has 0 aliphatic heterocycles. The minimum absolute atomic E-state index is 1.09. The Hall–Kier alpha value is -0.230. The smallest absolute Gasteiger partial charge is 0.388 e. The summed E-state index contributed by atoms with van der Waals surface area (Å²) < 4.78 is 28.2. The van der Waals surface area contributed by atoms with Crippen LogP contribution >= 0.6 is 15.6 Å². The number of phosphoric acid groups is 2. The minimum Gasteiger partial charge on any atom is -0.388 e. The molecule has 0 unspecified atom stereocenters. The van der Waals surface area contributed by atoms with Crippen molar-refractivity contribution in [2.24, 2.45) is 0 Å². The fraction of sp³-hybridized carbons (Fsp3) is 0.833. The van der Waals surface area contributed by atoms with E-state index in [0.29, 0.717) is 0 Å². The molecule has 0 aromatic carbocycles. The van der Waals surface area contributed by atoms with Gasteiger partial charge < -0.3 is 34.9 Å². The average molecular weight is 340 g/mol. The van der Waals surface area contributed by atoms with E-state index in [0.717, 1.165) is 0 Å². The average Bonchev–Trinajstić information content (AvgIpc) is 2.29. The van der Waals surface area contributed by atoms with Crippen molar-refractivity contribution in [3.63, 3.8) is 0 Å². The largest absolute Gasteiger partial charge is 0.470 e. The quantitative estimate of drug-likeness (QED) is 0.207. The van der Waals surface area contributed by atoms with Gasteiger partial charge in [-0.05, 0) is 0 Å². The lowest BCUT2D eigenvalue weighted by Gasteiger charge is -2.22. The van der Waals surface area contributed by atoms with Crippen molar-refractivity contribution in [1.82, 2.24) is 0 Å². The monoisotopic (exact) mass is 340 g/mol. The second kappa shape index (κ2) is 7.69. The Morgan fingerprint density at radius 1 is 0.950 bits per heavy atom. The van der Waals surface area contributed by atoms with Crippen LogP contribution in [0.4, 0.5) is 0 Å². The van der Waals surface area contributed by atoms with Crippen LogP contribution < -0.4 is 0 Å². The van der Waals surface area contributed by atoms with Crippen molar-refractivity contribution in [2.75, 3.05) is 13.2 Å². The van der Waals surface area contributed by atoms with Crippen LogP contribution in [0.3, 0.4) is 0 Å². The maximum absolute atomic E-state index is 11.2. The lowest BCUT2D eigenvalue weighted by Crippen LogP contribution is -2.45. The molecule has 0 fully saturated rings. The van der Waals surface area contributed by atoms with Crippen LogP contribution in [0.25, 0.3) is 0 Å². The molecule has 12 nitrogen and oxygen atoms in total. The second-order valence-electron chi connectivity index (χ2n) is 3.52. The normalized spacial score (nSPS) is 17.6. The first-order valence-electron chi connectivity index (χ1n) is 4.80.